The molecule has 0 aliphatic carbocycles. The minimum absolute atomic E-state index is 0.0326. The van der Waals surface area contributed by atoms with Crippen LogP contribution in [0.15, 0.2) is 54.7 Å². The molecule has 6 aliphatic heterocycles. The topological polar surface area (TPSA) is 96.4 Å². The number of rotatable bonds is 6. The van der Waals surface area contributed by atoms with Crippen LogP contribution in [0, 0.1) is 5.82 Å². The summed E-state index contributed by atoms with van der Waals surface area (Å²) in [5, 5.41) is 2.58. The third-order valence-electron chi connectivity index (χ3n) is 12.0. The number of likely N-dealkylation sites (tertiary alicyclic amines) is 1. The van der Waals surface area contributed by atoms with E-state index in [0.717, 1.165) is 49.9 Å². The highest BCUT2D eigenvalue weighted by atomic mass is 35.5. The van der Waals surface area contributed by atoms with Gasteiger partial charge in [-0.05, 0) is 43.7 Å². The summed E-state index contributed by atoms with van der Waals surface area (Å²) in [6, 6.07) is 12.3. The van der Waals surface area contributed by atoms with E-state index in [2.05, 4.69) is 29.7 Å². The van der Waals surface area contributed by atoms with E-state index < -0.39 is 17.5 Å². The Balaban J connectivity index is 0.000000372. The lowest BCUT2D eigenvalue weighted by Gasteiger charge is -2.55. The van der Waals surface area contributed by atoms with Crippen LogP contribution in [0.5, 0.6) is 6.01 Å². The number of aromatic nitrogens is 3. The van der Waals surface area contributed by atoms with Gasteiger partial charge in [0.05, 0.1) is 38.4 Å². The first-order valence-electron chi connectivity index (χ1n) is 18.9. The van der Waals surface area contributed by atoms with Crippen molar-refractivity contribution in [3.05, 3.63) is 65.6 Å². The van der Waals surface area contributed by atoms with E-state index in [0.29, 0.717) is 79.4 Å². The molecule has 2 aromatic heterocycles. The van der Waals surface area contributed by atoms with Crippen molar-refractivity contribution in [1.82, 2.24) is 29.7 Å². The van der Waals surface area contributed by atoms with Gasteiger partial charge in [0.2, 0.25) is 5.91 Å². The molecule has 4 aromatic rings. The van der Waals surface area contributed by atoms with Gasteiger partial charge in [-0.3, -0.25) is 19.6 Å². The lowest BCUT2D eigenvalue weighted by molar-refractivity contribution is -0.164. The predicted octanol–water partition coefficient (Wildman–Crippen LogP) is 5.29. The van der Waals surface area contributed by atoms with Crippen molar-refractivity contribution in [2.45, 2.75) is 55.6 Å². The van der Waals surface area contributed by atoms with Gasteiger partial charge < -0.3 is 24.0 Å². The molecule has 6 fully saturated rings. The lowest BCUT2D eigenvalue weighted by Crippen LogP contribution is -2.72. The van der Waals surface area contributed by atoms with Crippen LogP contribution in [0.4, 0.5) is 14.6 Å². The van der Waals surface area contributed by atoms with Crippen LogP contribution in [0.3, 0.4) is 0 Å². The summed E-state index contributed by atoms with van der Waals surface area (Å²) in [6.07, 6.45) is 9.47. The number of methoxy groups -OCH3 is 1. The van der Waals surface area contributed by atoms with Crippen molar-refractivity contribution < 1.29 is 27.8 Å². The van der Waals surface area contributed by atoms with Gasteiger partial charge in [-0.1, -0.05) is 48.0 Å². The molecular formula is C40H44ClF2N7O4. The van der Waals surface area contributed by atoms with Crippen LogP contribution >= 0.6 is 11.6 Å². The van der Waals surface area contributed by atoms with Gasteiger partial charge in [0.15, 0.2) is 5.82 Å². The van der Waals surface area contributed by atoms with Crippen LogP contribution in [0.2, 0.25) is 5.02 Å². The molecule has 1 spiro atoms. The van der Waals surface area contributed by atoms with Crippen molar-refractivity contribution >= 4 is 45.0 Å². The first-order valence-corrected chi connectivity index (χ1v) is 19.3. The summed E-state index contributed by atoms with van der Waals surface area (Å²) in [5.74, 6) is -0.110. The van der Waals surface area contributed by atoms with Gasteiger partial charge >= 0.3 is 6.01 Å². The van der Waals surface area contributed by atoms with Crippen molar-refractivity contribution in [3.63, 3.8) is 0 Å². The summed E-state index contributed by atoms with van der Waals surface area (Å²) in [7, 11) is 1.46. The van der Waals surface area contributed by atoms with Crippen LogP contribution in [0.25, 0.3) is 32.9 Å². The average Bonchev–Trinajstić information content (AvgIpc) is 3.97. The number of pyridine rings is 1. The Labute approximate surface area is 317 Å². The Bertz CT molecular complexity index is 2090. The molecule has 10 rings (SSSR count). The maximum Gasteiger partial charge on any atom is 0.318 e. The van der Waals surface area contributed by atoms with E-state index >= 15 is 4.39 Å². The molecule has 0 saturated carbocycles. The van der Waals surface area contributed by atoms with Gasteiger partial charge in [0.25, 0.3) is 0 Å². The minimum atomic E-state index is -0.583. The number of benzene rings is 2. The third kappa shape index (κ3) is 6.47. The van der Waals surface area contributed by atoms with Crippen LogP contribution in [-0.4, -0.2) is 138 Å². The first-order chi connectivity index (χ1) is 26.3. The number of carbonyl (C=O) groups is 1. The zero-order valence-electron chi connectivity index (χ0n) is 30.3. The fraction of sp³-hybridized carbons (Fsp3) is 0.500. The molecule has 11 nitrogen and oxygen atoms in total. The van der Waals surface area contributed by atoms with Gasteiger partial charge in [0, 0.05) is 79.6 Å². The molecular weight excluding hydrogens is 716 g/mol. The van der Waals surface area contributed by atoms with Crippen molar-refractivity contribution in [2.75, 3.05) is 77.6 Å². The normalized spacial score (nSPS) is 26.1. The molecule has 4 unspecified atom stereocenters. The quantitative estimate of drug-likeness (QED) is 0.242. The Morgan fingerprint density at radius 3 is 2.69 bits per heavy atom. The highest BCUT2D eigenvalue weighted by molar-refractivity contribution is 6.36. The fourth-order valence-corrected chi connectivity index (χ4v) is 9.51. The summed E-state index contributed by atoms with van der Waals surface area (Å²) in [5.41, 5.74) is 0.310. The highest BCUT2D eigenvalue weighted by Gasteiger charge is 2.50. The number of alkyl halides is 1. The second-order valence-corrected chi connectivity index (χ2v) is 15.7. The predicted molar refractivity (Wildman–Crippen MR) is 202 cm³/mol. The van der Waals surface area contributed by atoms with Gasteiger partial charge in [-0.15, -0.1) is 0 Å². The smallest absolute Gasteiger partial charge is 0.318 e. The van der Waals surface area contributed by atoms with Crippen molar-refractivity contribution in [1.29, 1.82) is 0 Å². The van der Waals surface area contributed by atoms with E-state index in [4.69, 9.17) is 25.8 Å². The molecule has 14 heteroatoms. The number of piperazine rings is 1. The monoisotopic (exact) mass is 759 g/mol. The zero-order chi connectivity index (χ0) is 37.0. The number of hydrogen-bond acceptors (Lipinski definition) is 10. The maximum atomic E-state index is 16.4. The third-order valence-corrected chi connectivity index (χ3v) is 12.3. The number of carbonyl (C=O) groups excluding carboxylic acids is 1. The molecule has 6 saturated heterocycles. The molecule has 2 aromatic carbocycles. The Hall–Kier alpha value is -4.01. The molecule has 4 atom stereocenters. The molecule has 6 aliphatic rings. The molecule has 2 bridgehead atoms. The zero-order valence-corrected chi connectivity index (χ0v) is 31.1. The first kappa shape index (κ1) is 35.7. The Kier molecular flexibility index (Phi) is 9.63. The molecule has 0 N–H and O–H groups in total. The molecule has 0 radical (unpaired) electrons. The van der Waals surface area contributed by atoms with E-state index in [1.807, 2.05) is 35.2 Å². The van der Waals surface area contributed by atoms with E-state index in [-0.39, 0.29) is 23.1 Å². The summed E-state index contributed by atoms with van der Waals surface area (Å²) in [4.78, 5) is 35.7. The summed E-state index contributed by atoms with van der Waals surface area (Å²) < 4.78 is 45.8. The van der Waals surface area contributed by atoms with Gasteiger partial charge in [0.1, 0.15) is 28.7 Å². The standard InChI is InChI=1S/C33H32ClFN6O4.C7H12FN/c1-43-32-37-30-24(14-36-29(28(30)35)23-7-2-5-20-6-3-8-25(34)27(20)23)31(38-32)40-11-12-41(33(17-40)18-44-19-33)26(42)9-4-10-39-15-22-13-21(39)16-45-22;8-6-4-7-2-1-3-9(7)5-6/h2-9,14,21-22H,10-13,15-19H2,1H3;6-7H,1-5H2/b9-4+;. The second kappa shape index (κ2) is 14.6. The SMILES string of the molecule is COc1nc(N2CCN(C(=O)/C=C/CN3CC4CC3CO4)C3(COC3)C2)c2cnc(-c3cccc4cccc(Cl)c34)c(F)c2n1.FC1CC2CCCN2C1. The summed E-state index contributed by atoms with van der Waals surface area (Å²) >= 11 is 6.56. The van der Waals surface area contributed by atoms with Gasteiger partial charge in [-0.2, -0.15) is 9.97 Å². The number of anilines is 1. The van der Waals surface area contributed by atoms with Crippen LogP contribution < -0.4 is 9.64 Å². The number of halogens is 3. The van der Waals surface area contributed by atoms with Crippen molar-refractivity contribution in [3.8, 4) is 17.3 Å². The fourth-order valence-electron chi connectivity index (χ4n) is 9.23. The van der Waals surface area contributed by atoms with Crippen molar-refractivity contribution in [2.24, 2.45) is 0 Å². The van der Waals surface area contributed by atoms with E-state index in [1.165, 1.54) is 20.0 Å². The van der Waals surface area contributed by atoms with Gasteiger partial charge in [-0.25, -0.2) is 8.78 Å². The Morgan fingerprint density at radius 2 is 1.94 bits per heavy atom. The van der Waals surface area contributed by atoms with E-state index in [1.54, 1.807) is 24.4 Å². The van der Waals surface area contributed by atoms with Crippen LogP contribution in [-0.2, 0) is 14.3 Å². The highest BCUT2D eigenvalue weighted by Crippen LogP contribution is 2.39. The number of hydrogen-bond donors (Lipinski definition) is 0. The largest absolute Gasteiger partial charge is 0.467 e. The number of morpholine rings is 1. The number of fused-ring (bicyclic) bond motifs is 5. The maximum absolute atomic E-state index is 16.4. The average molecular weight is 760 g/mol. The molecule has 8 heterocycles. The second-order valence-electron chi connectivity index (χ2n) is 15.3. The molecule has 1 amide bonds. The number of ether oxygens (including phenoxy) is 3. The van der Waals surface area contributed by atoms with Crippen LogP contribution in [0.1, 0.15) is 25.7 Å². The minimum Gasteiger partial charge on any atom is -0.467 e. The molecule has 54 heavy (non-hydrogen) atoms. The van der Waals surface area contributed by atoms with E-state index in [9.17, 15) is 9.18 Å². The Morgan fingerprint density at radius 1 is 1.09 bits per heavy atom. The number of nitrogens with zero attached hydrogens (tertiary/aromatic N) is 7. The number of amides is 1. The summed E-state index contributed by atoms with van der Waals surface area (Å²) in [6.45, 7) is 6.53. The molecule has 284 valence electrons. The lowest BCUT2D eigenvalue weighted by atomic mass is 9.91.